The zero-order valence-electron chi connectivity index (χ0n) is 17.6. The third kappa shape index (κ3) is 6.40. The van der Waals surface area contributed by atoms with E-state index < -0.39 is 42.3 Å². The van der Waals surface area contributed by atoms with Gasteiger partial charge in [-0.2, -0.15) is 0 Å². The molecule has 0 aliphatic heterocycles. The van der Waals surface area contributed by atoms with E-state index in [0.29, 0.717) is 5.69 Å². The fraction of sp³-hybridized carbons (Fsp3) is 0.286. The molecule has 2 unspecified atom stereocenters. The van der Waals surface area contributed by atoms with Crippen LogP contribution in [-0.4, -0.2) is 68.9 Å². The van der Waals surface area contributed by atoms with Gasteiger partial charge in [0, 0.05) is 41.8 Å². The molecule has 2 heterocycles. The first-order valence-corrected chi connectivity index (χ1v) is 10.2. The van der Waals surface area contributed by atoms with Gasteiger partial charge >= 0.3 is 5.97 Å². The molecule has 0 saturated carbocycles. The Balaban J connectivity index is 1.58. The second-order valence-corrected chi connectivity index (χ2v) is 7.34. The Bertz CT molecular complexity index is 1130. The third-order valence-corrected chi connectivity index (χ3v) is 4.97. The molecular formula is C21H25N7O5. The van der Waals surface area contributed by atoms with Crippen LogP contribution in [0.5, 0.6) is 0 Å². The van der Waals surface area contributed by atoms with Gasteiger partial charge in [0.2, 0.25) is 17.7 Å². The van der Waals surface area contributed by atoms with Crippen molar-refractivity contribution >= 4 is 34.6 Å². The number of hydrogen-bond donors (Lipinski definition) is 7. The Morgan fingerprint density at radius 3 is 2.48 bits per heavy atom. The van der Waals surface area contributed by atoms with Crippen molar-refractivity contribution in [2.75, 3.05) is 13.1 Å². The van der Waals surface area contributed by atoms with E-state index in [2.05, 4.69) is 30.9 Å². The molecule has 2 atom stereocenters. The van der Waals surface area contributed by atoms with Crippen LogP contribution in [0.25, 0.3) is 10.9 Å². The second kappa shape index (κ2) is 10.9. The molecule has 1 aromatic carbocycles. The lowest BCUT2D eigenvalue weighted by Gasteiger charge is -2.18. The molecule has 0 fully saturated rings. The predicted octanol–water partition coefficient (Wildman–Crippen LogP) is -1.19. The number of carbonyl (C=O) groups is 4. The number of nitrogens with zero attached hydrogens (tertiary/aromatic N) is 1. The van der Waals surface area contributed by atoms with Crippen LogP contribution in [0.3, 0.4) is 0 Å². The number of nitrogens with one attached hydrogen (secondary N) is 5. The van der Waals surface area contributed by atoms with Gasteiger partial charge in [0.05, 0.1) is 19.4 Å². The minimum atomic E-state index is -1.20. The lowest BCUT2D eigenvalue weighted by atomic mass is 10.0. The van der Waals surface area contributed by atoms with E-state index >= 15 is 0 Å². The summed E-state index contributed by atoms with van der Waals surface area (Å²) in [7, 11) is 0. The zero-order valence-corrected chi connectivity index (χ0v) is 17.6. The maximum Gasteiger partial charge on any atom is 0.326 e. The van der Waals surface area contributed by atoms with Crippen molar-refractivity contribution in [2.24, 2.45) is 5.73 Å². The number of carboxylic acid groups (broad SMARTS) is 1. The van der Waals surface area contributed by atoms with Gasteiger partial charge in [-0.1, -0.05) is 18.2 Å². The van der Waals surface area contributed by atoms with Crippen LogP contribution in [0, 0.1) is 0 Å². The van der Waals surface area contributed by atoms with E-state index in [-0.39, 0.29) is 19.4 Å². The summed E-state index contributed by atoms with van der Waals surface area (Å²) in [6.45, 7) is -0.768. The van der Waals surface area contributed by atoms with Gasteiger partial charge in [0.25, 0.3) is 0 Å². The first kappa shape index (κ1) is 23.5. The number of imidazole rings is 1. The van der Waals surface area contributed by atoms with Crippen LogP contribution < -0.4 is 21.7 Å². The van der Waals surface area contributed by atoms with Crippen molar-refractivity contribution in [3.8, 4) is 0 Å². The molecule has 0 aliphatic rings. The minimum absolute atomic E-state index is 0.0635. The molecule has 33 heavy (non-hydrogen) atoms. The van der Waals surface area contributed by atoms with E-state index in [1.165, 1.54) is 12.5 Å². The summed E-state index contributed by atoms with van der Waals surface area (Å²) in [6, 6.07) is 5.25. The van der Waals surface area contributed by atoms with Gasteiger partial charge < -0.3 is 36.8 Å². The van der Waals surface area contributed by atoms with Gasteiger partial charge in [-0.05, 0) is 11.6 Å². The highest BCUT2D eigenvalue weighted by Crippen LogP contribution is 2.19. The Kier molecular flexibility index (Phi) is 7.76. The van der Waals surface area contributed by atoms with Crippen molar-refractivity contribution in [1.82, 2.24) is 30.9 Å². The SMILES string of the molecule is NCC(=O)NC(Cc1cnc[nH]1)C(=O)NCC(=O)NC(Cc1c[nH]c2ccccc12)C(=O)O. The van der Waals surface area contributed by atoms with Crippen molar-refractivity contribution in [2.45, 2.75) is 24.9 Å². The van der Waals surface area contributed by atoms with Gasteiger partial charge in [-0.15, -0.1) is 0 Å². The molecule has 0 bridgehead atoms. The van der Waals surface area contributed by atoms with Gasteiger partial charge in [0.1, 0.15) is 12.1 Å². The average molecular weight is 455 g/mol. The summed E-state index contributed by atoms with van der Waals surface area (Å²) < 4.78 is 0. The normalized spacial score (nSPS) is 12.6. The second-order valence-electron chi connectivity index (χ2n) is 7.34. The number of carboxylic acids is 1. The van der Waals surface area contributed by atoms with E-state index in [9.17, 15) is 24.3 Å². The molecule has 3 rings (SSSR count). The third-order valence-electron chi connectivity index (χ3n) is 4.97. The van der Waals surface area contributed by atoms with E-state index in [0.717, 1.165) is 16.5 Å². The van der Waals surface area contributed by atoms with Gasteiger partial charge in [-0.25, -0.2) is 9.78 Å². The molecular weight excluding hydrogens is 430 g/mol. The minimum Gasteiger partial charge on any atom is -0.480 e. The lowest BCUT2D eigenvalue weighted by molar-refractivity contribution is -0.141. The number of rotatable bonds is 11. The maximum atomic E-state index is 12.5. The monoisotopic (exact) mass is 455 g/mol. The number of nitrogens with two attached hydrogens (primary N) is 1. The number of hydrogen-bond acceptors (Lipinski definition) is 6. The first-order chi connectivity index (χ1) is 15.9. The van der Waals surface area contributed by atoms with E-state index in [1.54, 1.807) is 6.20 Å². The summed E-state index contributed by atoms with van der Waals surface area (Å²) in [5, 5.41) is 17.7. The highest BCUT2D eigenvalue weighted by molar-refractivity contribution is 5.92. The smallest absolute Gasteiger partial charge is 0.326 e. The Morgan fingerprint density at radius 1 is 1.03 bits per heavy atom. The number of aromatic amines is 2. The average Bonchev–Trinajstić information content (AvgIpc) is 3.46. The number of carbonyl (C=O) groups excluding carboxylic acids is 3. The fourth-order valence-corrected chi connectivity index (χ4v) is 3.34. The maximum absolute atomic E-state index is 12.5. The first-order valence-electron chi connectivity index (χ1n) is 10.2. The molecule has 3 aromatic rings. The number of aliphatic carboxylic acids is 1. The summed E-state index contributed by atoms with van der Waals surface area (Å²) in [5.74, 6) is -3.04. The van der Waals surface area contributed by atoms with Crippen LogP contribution in [0.2, 0.25) is 0 Å². The molecule has 174 valence electrons. The van der Waals surface area contributed by atoms with Crippen LogP contribution in [0.15, 0.2) is 43.0 Å². The van der Waals surface area contributed by atoms with Crippen LogP contribution >= 0.6 is 0 Å². The highest BCUT2D eigenvalue weighted by atomic mass is 16.4. The molecule has 0 aliphatic carbocycles. The summed E-state index contributed by atoms with van der Waals surface area (Å²) in [5.41, 5.74) is 7.50. The molecule has 0 radical (unpaired) electrons. The molecule has 3 amide bonds. The number of benzene rings is 1. The van der Waals surface area contributed by atoms with Crippen molar-refractivity contribution in [3.63, 3.8) is 0 Å². The quantitative estimate of drug-likeness (QED) is 0.189. The molecule has 12 nitrogen and oxygen atoms in total. The Labute approximate surface area is 188 Å². The van der Waals surface area contributed by atoms with Crippen LogP contribution in [0.4, 0.5) is 0 Å². The number of H-pyrrole nitrogens is 2. The van der Waals surface area contributed by atoms with Crippen LogP contribution in [-0.2, 0) is 32.0 Å². The molecule has 12 heteroatoms. The lowest BCUT2D eigenvalue weighted by Crippen LogP contribution is -2.52. The molecule has 0 spiro atoms. The van der Waals surface area contributed by atoms with Crippen LogP contribution in [0.1, 0.15) is 11.3 Å². The molecule has 2 aromatic heterocycles. The topological polar surface area (TPSA) is 195 Å². The fourth-order valence-electron chi connectivity index (χ4n) is 3.34. The number of amides is 3. The summed E-state index contributed by atoms with van der Waals surface area (Å²) >= 11 is 0. The zero-order chi connectivity index (χ0) is 23.8. The van der Waals surface area contributed by atoms with Crippen molar-refractivity contribution < 1.29 is 24.3 Å². The number of fused-ring (bicyclic) bond motifs is 1. The summed E-state index contributed by atoms with van der Waals surface area (Å²) in [4.78, 5) is 58.0. The highest BCUT2D eigenvalue weighted by Gasteiger charge is 2.24. The number of aromatic nitrogens is 3. The standard InChI is InChI=1S/C21H25N7O5/c22-7-18(29)27-16(6-13-9-23-11-26-13)20(31)25-10-19(30)28-17(21(32)33)5-12-8-24-15-4-2-1-3-14(12)15/h1-4,8-9,11,16-17,24H,5-7,10,22H2,(H,23,26)(H,25,31)(H,27,29)(H,28,30)(H,32,33). The van der Waals surface area contributed by atoms with E-state index in [1.807, 2.05) is 24.3 Å². The van der Waals surface area contributed by atoms with Gasteiger partial charge in [0.15, 0.2) is 0 Å². The van der Waals surface area contributed by atoms with Gasteiger partial charge in [-0.3, -0.25) is 14.4 Å². The molecule has 8 N–H and O–H groups in total. The predicted molar refractivity (Wildman–Crippen MR) is 118 cm³/mol. The largest absolute Gasteiger partial charge is 0.480 e. The summed E-state index contributed by atoms with van der Waals surface area (Å²) in [6.07, 6.45) is 4.81. The Hall–Kier alpha value is -4.19. The van der Waals surface area contributed by atoms with Crippen molar-refractivity contribution in [1.29, 1.82) is 0 Å². The van der Waals surface area contributed by atoms with E-state index in [4.69, 9.17) is 5.73 Å². The number of para-hydroxylation sites is 1. The Morgan fingerprint density at radius 2 is 1.79 bits per heavy atom. The van der Waals surface area contributed by atoms with Crippen molar-refractivity contribution in [3.05, 3.63) is 54.2 Å². The molecule has 0 saturated heterocycles.